The van der Waals surface area contributed by atoms with Gasteiger partial charge in [0, 0.05) is 23.7 Å². The van der Waals surface area contributed by atoms with Gasteiger partial charge in [-0.15, -0.1) is 0 Å². The summed E-state index contributed by atoms with van der Waals surface area (Å²) in [5, 5.41) is 3.13. The molecule has 32 heavy (non-hydrogen) atoms. The predicted molar refractivity (Wildman–Crippen MR) is 128 cm³/mol. The summed E-state index contributed by atoms with van der Waals surface area (Å²) in [6, 6.07) is 20.2. The van der Waals surface area contributed by atoms with Gasteiger partial charge in [0.1, 0.15) is 5.75 Å². The number of benzene rings is 3. The number of amides is 1. The van der Waals surface area contributed by atoms with E-state index in [4.69, 9.17) is 16.3 Å². The first kappa shape index (κ1) is 23.6. The van der Waals surface area contributed by atoms with E-state index in [-0.39, 0.29) is 23.8 Å². The van der Waals surface area contributed by atoms with Gasteiger partial charge in [0.05, 0.1) is 17.7 Å². The third-order valence-corrected chi connectivity index (χ3v) is 6.99. The first-order valence-corrected chi connectivity index (χ1v) is 12.0. The topological polar surface area (TPSA) is 75.7 Å². The lowest BCUT2D eigenvalue weighted by Gasteiger charge is -2.24. The summed E-state index contributed by atoms with van der Waals surface area (Å²) in [5.41, 5.74) is 2.26. The summed E-state index contributed by atoms with van der Waals surface area (Å²) in [7, 11) is -2.41. The summed E-state index contributed by atoms with van der Waals surface area (Å²) in [5.74, 6) is 0.316. The highest BCUT2D eigenvalue weighted by Crippen LogP contribution is 2.27. The minimum Gasteiger partial charge on any atom is -0.497 e. The molecule has 1 amide bonds. The van der Waals surface area contributed by atoms with E-state index < -0.39 is 10.0 Å². The summed E-state index contributed by atoms with van der Waals surface area (Å²) < 4.78 is 33.1. The van der Waals surface area contributed by atoms with Crippen LogP contribution in [0.25, 0.3) is 0 Å². The first-order chi connectivity index (χ1) is 15.3. The fourth-order valence-corrected chi connectivity index (χ4v) is 4.91. The highest BCUT2D eigenvalue weighted by molar-refractivity contribution is 7.92. The molecule has 0 atom stereocenters. The molecule has 0 aliphatic carbocycles. The van der Waals surface area contributed by atoms with Crippen LogP contribution < -0.4 is 14.4 Å². The molecule has 0 bridgehead atoms. The van der Waals surface area contributed by atoms with E-state index >= 15 is 0 Å². The van der Waals surface area contributed by atoms with Crippen LogP contribution in [0.4, 0.5) is 11.4 Å². The number of carbonyl (C=O) groups excluding carboxylic acids is 1. The fraction of sp³-hybridized carbons (Fsp3) is 0.208. The number of nitrogens with one attached hydrogen (secondary N) is 1. The van der Waals surface area contributed by atoms with Crippen molar-refractivity contribution in [2.45, 2.75) is 24.7 Å². The van der Waals surface area contributed by atoms with Crippen LogP contribution in [0.2, 0.25) is 5.02 Å². The fourth-order valence-electron chi connectivity index (χ4n) is 3.14. The predicted octanol–water partition coefficient (Wildman–Crippen LogP) is 5.14. The molecule has 6 nitrogen and oxygen atoms in total. The maximum Gasteiger partial charge on any atom is 0.264 e. The summed E-state index contributed by atoms with van der Waals surface area (Å²) >= 11 is 6.02. The Morgan fingerprint density at radius 1 is 1.03 bits per heavy atom. The molecule has 0 saturated carbocycles. The first-order valence-electron chi connectivity index (χ1n) is 10.1. The van der Waals surface area contributed by atoms with Crippen LogP contribution in [-0.2, 0) is 21.2 Å². The molecule has 0 saturated heterocycles. The van der Waals surface area contributed by atoms with Crippen molar-refractivity contribution in [3.63, 3.8) is 0 Å². The van der Waals surface area contributed by atoms with E-state index in [1.807, 2.05) is 24.3 Å². The van der Waals surface area contributed by atoms with Crippen molar-refractivity contribution in [3.8, 4) is 5.75 Å². The van der Waals surface area contributed by atoms with Crippen molar-refractivity contribution in [2.24, 2.45) is 0 Å². The number of anilines is 2. The van der Waals surface area contributed by atoms with Crippen LogP contribution in [0.3, 0.4) is 0 Å². The maximum absolute atomic E-state index is 13.4. The highest BCUT2D eigenvalue weighted by Gasteiger charge is 2.26. The number of aryl methyl sites for hydroxylation is 1. The Balaban J connectivity index is 1.82. The van der Waals surface area contributed by atoms with E-state index in [1.165, 1.54) is 29.1 Å². The summed E-state index contributed by atoms with van der Waals surface area (Å²) in [4.78, 5) is 12.6. The van der Waals surface area contributed by atoms with Crippen molar-refractivity contribution < 1.29 is 17.9 Å². The molecule has 0 heterocycles. The molecule has 8 heteroatoms. The zero-order valence-electron chi connectivity index (χ0n) is 17.9. The van der Waals surface area contributed by atoms with Crippen molar-refractivity contribution in [2.75, 3.05) is 23.3 Å². The molecule has 0 unspecified atom stereocenters. The zero-order chi connectivity index (χ0) is 23.1. The van der Waals surface area contributed by atoms with Gasteiger partial charge in [-0.3, -0.25) is 9.10 Å². The molecule has 3 aromatic carbocycles. The molecule has 0 spiro atoms. The van der Waals surface area contributed by atoms with E-state index in [0.29, 0.717) is 22.1 Å². The third kappa shape index (κ3) is 5.81. The van der Waals surface area contributed by atoms with E-state index in [9.17, 15) is 13.2 Å². The van der Waals surface area contributed by atoms with Crippen LogP contribution in [-0.4, -0.2) is 28.0 Å². The molecule has 0 aliphatic rings. The Bertz CT molecular complexity index is 1160. The minimum absolute atomic E-state index is 0.0264. The normalized spacial score (nSPS) is 11.1. The van der Waals surface area contributed by atoms with Crippen LogP contribution in [0.5, 0.6) is 5.75 Å². The molecule has 0 fully saturated rings. The summed E-state index contributed by atoms with van der Waals surface area (Å²) in [6.07, 6.45) is 0.883. The van der Waals surface area contributed by atoms with Gasteiger partial charge in [0.25, 0.3) is 10.0 Å². The summed E-state index contributed by atoms with van der Waals surface area (Å²) in [6.45, 7) is 2.02. The Morgan fingerprint density at radius 2 is 1.72 bits per heavy atom. The largest absolute Gasteiger partial charge is 0.497 e. The molecule has 0 aromatic heterocycles. The number of carbonyl (C=O) groups is 1. The van der Waals surface area contributed by atoms with Gasteiger partial charge >= 0.3 is 0 Å². The standard InChI is InChI=1S/C24H25ClN2O4S/c1-3-18-7-9-20(10-8-18)26-24(28)15-16-27(21-11-13-22(31-2)14-12-21)32(29,30)23-6-4-5-19(25)17-23/h4-14,17H,3,15-16H2,1-2H3,(H,26,28). The Kier molecular flexibility index (Phi) is 7.77. The van der Waals surface area contributed by atoms with Gasteiger partial charge in [-0.05, 0) is 66.6 Å². The number of methoxy groups -OCH3 is 1. The Hall–Kier alpha value is -3.03. The second-order valence-electron chi connectivity index (χ2n) is 7.08. The van der Waals surface area contributed by atoms with Crippen molar-refractivity contribution in [1.82, 2.24) is 0 Å². The van der Waals surface area contributed by atoms with Crippen molar-refractivity contribution >= 4 is 38.9 Å². The molecule has 168 valence electrons. The number of halogens is 1. The van der Waals surface area contributed by atoms with Crippen molar-refractivity contribution in [3.05, 3.63) is 83.4 Å². The number of ether oxygens (including phenoxy) is 1. The highest BCUT2D eigenvalue weighted by atomic mass is 35.5. The van der Waals surface area contributed by atoms with Gasteiger partial charge in [-0.2, -0.15) is 0 Å². The van der Waals surface area contributed by atoms with Gasteiger partial charge in [0.2, 0.25) is 5.91 Å². The minimum atomic E-state index is -3.95. The Morgan fingerprint density at radius 3 is 2.31 bits per heavy atom. The van der Waals surface area contributed by atoms with E-state index in [2.05, 4.69) is 12.2 Å². The average molecular weight is 473 g/mol. The smallest absolute Gasteiger partial charge is 0.264 e. The molecule has 3 rings (SSSR count). The van der Waals surface area contributed by atoms with E-state index in [1.54, 1.807) is 36.4 Å². The van der Waals surface area contributed by atoms with Crippen LogP contribution in [0.1, 0.15) is 18.9 Å². The second kappa shape index (κ2) is 10.5. The second-order valence-corrected chi connectivity index (χ2v) is 9.38. The lowest BCUT2D eigenvalue weighted by atomic mass is 10.1. The van der Waals surface area contributed by atoms with Crippen molar-refractivity contribution in [1.29, 1.82) is 0 Å². The molecular weight excluding hydrogens is 448 g/mol. The molecule has 0 aliphatic heterocycles. The monoisotopic (exact) mass is 472 g/mol. The lowest BCUT2D eigenvalue weighted by molar-refractivity contribution is -0.116. The number of nitrogens with zero attached hydrogens (tertiary/aromatic N) is 1. The van der Waals surface area contributed by atoms with Gasteiger partial charge in [-0.25, -0.2) is 8.42 Å². The van der Waals surface area contributed by atoms with Crippen LogP contribution in [0, 0.1) is 0 Å². The quantitative estimate of drug-likeness (QED) is 0.468. The maximum atomic E-state index is 13.4. The van der Waals surface area contributed by atoms with Crippen LogP contribution in [0.15, 0.2) is 77.7 Å². The third-order valence-electron chi connectivity index (χ3n) is 4.93. The number of rotatable bonds is 9. The van der Waals surface area contributed by atoms with Gasteiger partial charge < -0.3 is 10.1 Å². The lowest BCUT2D eigenvalue weighted by Crippen LogP contribution is -2.34. The number of hydrogen-bond acceptors (Lipinski definition) is 4. The number of sulfonamides is 1. The molecule has 1 N–H and O–H groups in total. The van der Waals surface area contributed by atoms with Gasteiger partial charge in [-0.1, -0.05) is 36.7 Å². The van der Waals surface area contributed by atoms with E-state index in [0.717, 1.165) is 6.42 Å². The Labute approximate surface area is 193 Å². The zero-order valence-corrected chi connectivity index (χ0v) is 19.5. The number of hydrogen-bond donors (Lipinski definition) is 1. The van der Waals surface area contributed by atoms with Crippen LogP contribution >= 0.6 is 11.6 Å². The average Bonchev–Trinajstić information content (AvgIpc) is 2.80. The van der Waals surface area contributed by atoms with Gasteiger partial charge in [0.15, 0.2) is 0 Å². The molecule has 0 radical (unpaired) electrons. The molecular formula is C24H25ClN2O4S. The SMILES string of the molecule is CCc1ccc(NC(=O)CCN(c2ccc(OC)cc2)S(=O)(=O)c2cccc(Cl)c2)cc1. The molecule has 3 aromatic rings.